The summed E-state index contributed by atoms with van der Waals surface area (Å²) in [6, 6.07) is 10.8. The van der Waals surface area contributed by atoms with Crippen LogP contribution in [0.3, 0.4) is 0 Å². The molecule has 0 spiro atoms. The molecule has 2 nitrogen and oxygen atoms in total. The molecule has 0 atom stereocenters. The topological polar surface area (TPSA) is 18.5 Å². The number of aryl methyl sites for hydroxylation is 1. The van der Waals surface area contributed by atoms with E-state index in [1.54, 1.807) is 12.1 Å². The Morgan fingerprint density at radius 3 is 2.06 bits per heavy atom. The van der Waals surface area contributed by atoms with Crippen LogP contribution in [-0.2, 0) is 15.9 Å². The third-order valence-electron chi connectivity index (χ3n) is 6.39. The van der Waals surface area contributed by atoms with Crippen molar-refractivity contribution in [3.05, 3.63) is 59.2 Å². The Hall–Kier alpha value is -1.78. The Balaban J connectivity index is 1.56. The van der Waals surface area contributed by atoms with Gasteiger partial charge >= 0.3 is 0 Å². The van der Waals surface area contributed by atoms with Gasteiger partial charge in [0.15, 0.2) is 17.9 Å². The molecule has 1 heterocycles. The van der Waals surface area contributed by atoms with E-state index in [4.69, 9.17) is 9.47 Å². The maximum absolute atomic E-state index is 14.7. The van der Waals surface area contributed by atoms with Crippen LogP contribution < -0.4 is 0 Å². The summed E-state index contributed by atoms with van der Waals surface area (Å²) < 4.78 is 41.2. The molecule has 1 saturated heterocycles. The first-order chi connectivity index (χ1) is 15.6. The zero-order chi connectivity index (χ0) is 22.8. The van der Waals surface area contributed by atoms with Crippen molar-refractivity contribution in [2.45, 2.75) is 84.3 Å². The molecule has 0 radical (unpaired) electrons. The first-order valence-electron chi connectivity index (χ1n) is 12.4. The van der Waals surface area contributed by atoms with Gasteiger partial charge in [-0.25, -0.2) is 8.78 Å². The molecule has 176 valence electrons. The fourth-order valence-corrected chi connectivity index (χ4v) is 4.33. The Bertz CT molecular complexity index is 811. The van der Waals surface area contributed by atoms with Crippen molar-refractivity contribution < 1.29 is 18.3 Å². The molecule has 4 heteroatoms. The molecule has 0 saturated carbocycles. The average Bonchev–Trinajstić information content (AvgIpc) is 2.83. The molecule has 1 aliphatic rings. The molecule has 0 aromatic heterocycles. The lowest BCUT2D eigenvalue weighted by molar-refractivity contribution is -0.206. The van der Waals surface area contributed by atoms with Crippen LogP contribution in [0.2, 0.25) is 0 Å². The van der Waals surface area contributed by atoms with Crippen LogP contribution in [0.25, 0.3) is 11.1 Å². The van der Waals surface area contributed by atoms with Gasteiger partial charge in [-0.2, -0.15) is 0 Å². The minimum absolute atomic E-state index is 0.295. The number of ether oxygens (including phenoxy) is 2. The van der Waals surface area contributed by atoms with Gasteiger partial charge in [0.1, 0.15) is 0 Å². The van der Waals surface area contributed by atoms with Gasteiger partial charge in [-0.15, -0.1) is 0 Å². The largest absolute Gasteiger partial charge is 0.348 e. The smallest absolute Gasteiger partial charge is 0.183 e. The van der Waals surface area contributed by atoms with E-state index >= 15 is 0 Å². The zero-order valence-corrected chi connectivity index (χ0v) is 19.7. The van der Waals surface area contributed by atoms with Crippen molar-refractivity contribution >= 4 is 0 Å². The second-order valence-corrected chi connectivity index (χ2v) is 9.05. The van der Waals surface area contributed by atoms with Crippen molar-refractivity contribution in [2.75, 3.05) is 13.2 Å². The van der Waals surface area contributed by atoms with Crippen molar-refractivity contribution in [3.63, 3.8) is 0 Å². The van der Waals surface area contributed by atoms with Crippen LogP contribution in [0.5, 0.6) is 0 Å². The highest BCUT2D eigenvalue weighted by molar-refractivity contribution is 5.65. The monoisotopic (exact) mass is 444 g/mol. The van der Waals surface area contributed by atoms with Gasteiger partial charge in [-0.05, 0) is 30.4 Å². The average molecular weight is 445 g/mol. The third-order valence-corrected chi connectivity index (χ3v) is 6.39. The summed E-state index contributed by atoms with van der Waals surface area (Å²) in [5.41, 5.74) is 2.33. The molecule has 2 aromatic carbocycles. The molecule has 0 N–H and O–H groups in total. The lowest BCUT2D eigenvalue weighted by Gasteiger charge is -2.29. The van der Waals surface area contributed by atoms with Gasteiger partial charge in [-0.3, -0.25) is 0 Å². The zero-order valence-electron chi connectivity index (χ0n) is 19.7. The standard InChI is InChI=1S/C28H38F2O2/c1-3-5-7-9-11-21-19-31-28(32-20-21)24-15-13-22(14-16-24)25-18-17-23(26(29)27(25)30)12-10-8-6-4-2/h13-18,21,28H,3-12,19-20H2,1-2H3. The van der Waals surface area contributed by atoms with Crippen LogP contribution in [0, 0.1) is 17.6 Å². The van der Waals surface area contributed by atoms with Gasteiger partial charge < -0.3 is 9.47 Å². The Morgan fingerprint density at radius 2 is 1.41 bits per heavy atom. The van der Waals surface area contributed by atoms with Crippen LogP contribution in [0.15, 0.2) is 36.4 Å². The van der Waals surface area contributed by atoms with Crippen LogP contribution >= 0.6 is 0 Å². The molecule has 2 aromatic rings. The number of hydrogen-bond donors (Lipinski definition) is 0. The van der Waals surface area contributed by atoms with E-state index in [0.717, 1.165) is 37.7 Å². The van der Waals surface area contributed by atoms with Gasteiger partial charge in [0.25, 0.3) is 0 Å². The SMILES string of the molecule is CCCCCCc1ccc(-c2ccc(C3OCC(CCCCCC)CO3)cc2)c(F)c1F. The van der Waals surface area contributed by atoms with Crippen molar-refractivity contribution in [2.24, 2.45) is 5.92 Å². The second kappa shape index (κ2) is 13.1. The fourth-order valence-electron chi connectivity index (χ4n) is 4.33. The molecular weight excluding hydrogens is 406 g/mol. The van der Waals surface area contributed by atoms with E-state index in [0.29, 0.717) is 42.2 Å². The number of hydrogen-bond acceptors (Lipinski definition) is 2. The number of benzene rings is 2. The van der Waals surface area contributed by atoms with E-state index in [1.807, 2.05) is 24.3 Å². The molecule has 1 fully saturated rings. The molecule has 0 aliphatic carbocycles. The van der Waals surface area contributed by atoms with Gasteiger partial charge in [-0.1, -0.05) is 95.2 Å². The predicted octanol–water partition coefficient (Wildman–Crippen LogP) is 8.39. The van der Waals surface area contributed by atoms with E-state index in [9.17, 15) is 8.78 Å². The minimum atomic E-state index is -0.762. The second-order valence-electron chi connectivity index (χ2n) is 9.05. The number of halogens is 2. The summed E-state index contributed by atoms with van der Waals surface area (Å²) in [6.07, 6.45) is 10.6. The lowest BCUT2D eigenvalue weighted by Crippen LogP contribution is -2.27. The van der Waals surface area contributed by atoms with Crippen LogP contribution in [0.4, 0.5) is 8.78 Å². The van der Waals surface area contributed by atoms with Crippen molar-refractivity contribution in [1.82, 2.24) is 0 Å². The third kappa shape index (κ3) is 6.86. The van der Waals surface area contributed by atoms with E-state index in [2.05, 4.69) is 13.8 Å². The minimum Gasteiger partial charge on any atom is -0.348 e. The summed E-state index contributed by atoms with van der Waals surface area (Å²) in [5.74, 6) is -1.02. The maximum Gasteiger partial charge on any atom is 0.183 e. The quantitative estimate of drug-likeness (QED) is 0.306. The van der Waals surface area contributed by atoms with E-state index in [-0.39, 0.29) is 6.29 Å². The summed E-state index contributed by atoms with van der Waals surface area (Å²) in [5, 5.41) is 0. The lowest BCUT2D eigenvalue weighted by atomic mass is 9.98. The first-order valence-corrected chi connectivity index (χ1v) is 12.4. The van der Waals surface area contributed by atoms with Crippen LogP contribution in [0.1, 0.15) is 89.1 Å². The Labute approximate surface area is 192 Å². The maximum atomic E-state index is 14.7. The molecule has 0 amide bonds. The molecule has 0 unspecified atom stereocenters. The van der Waals surface area contributed by atoms with Gasteiger partial charge in [0, 0.05) is 17.0 Å². The number of rotatable bonds is 12. The summed E-state index contributed by atoms with van der Waals surface area (Å²) >= 11 is 0. The van der Waals surface area contributed by atoms with Crippen molar-refractivity contribution in [1.29, 1.82) is 0 Å². The normalized spacial score (nSPS) is 18.8. The molecular formula is C28H38F2O2. The highest BCUT2D eigenvalue weighted by Gasteiger charge is 2.23. The van der Waals surface area contributed by atoms with Crippen LogP contribution in [-0.4, -0.2) is 13.2 Å². The summed E-state index contributed by atoms with van der Waals surface area (Å²) in [4.78, 5) is 0. The Morgan fingerprint density at radius 1 is 0.750 bits per heavy atom. The fraction of sp³-hybridized carbons (Fsp3) is 0.571. The molecule has 0 bridgehead atoms. The molecule has 32 heavy (non-hydrogen) atoms. The summed E-state index contributed by atoms with van der Waals surface area (Å²) in [7, 11) is 0. The van der Waals surface area contributed by atoms with Gasteiger partial charge in [0.05, 0.1) is 13.2 Å². The van der Waals surface area contributed by atoms with E-state index in [1.165, 1.54) is 25.7 Å². The summed E-state index contributed by atoms with van der Waals surface area (Å²) in [6.45, 7) is 5.77. The molecule has 1 aliphatic heterocycles. The van der Waals surface area contributed by atoms with Crippen molar-refractivity contribution in [3.8, 4) is 11.1 Å². The highest BCUT2D eigenvalue weighted by atomic mass is 19.2. The predicted molar refractivity (Wildman–Crippen MR) is 127 cm³/mol. The molecule has 3 rings (SSSR count). The van der Waals surface area contributed by atoms with Gasteiger partial charge in [0.2, 0.25) is 0 Å². The first kappa shape index (κ1) is 24.9. The Kier molecular flexibility index (Phi) is 10.1. The van der Waals surface area contributed by atoms with E-state index < -0.39 is 11.6 Å². The highest BCUT2D eigenvalue weighted by Crippen LogP contribution is 2.31. The number of unbranched alkanes of at least 4 members (excludes halogenated alkanes) is 6.